The summed E-state index contributed by atoms with van der Waals surface area (Å²) in [6.45, 7) is 6.15. The van der Waals surface area contributed by atoms with Crippen LogP contribution in [0.5, 0.6) is 0 Å². The van der Waals surface area contributed by atoms with E-state index >= 15 is 0 Å². The van der Waals surface area contributed by atoms with Gasteiger partial charge in [0.2, 0.25) is 5.91 Å². The van der Waals surface area contributed by atoms with Gasteiger partial charge < -0.3 is 9.80 Å². The second kappa shape index (κ2) is 6.93. The van der Waals surface area contributed by atoms with Gasteiger partial charge in [0.1, 0.15) is 0 Å². The van der Waals surface area contributed by atoms with Crippen molar-refractivity contribution in [3.63, 3.8) is 0 Å². The molecule has 1 heterocycles. The van der Waals surface area contributed by atoms with Gasteiger partial charge in [-0.1, -0.05) is 6.92 Å². The standard InChI is InChI=1S/C12H26N4O/c1-10(12(17)14-13)8-16(3)9-11-4-6-15(2)7-5-11/h10-11H,4-9,13H2,1-3H3,(H,14,17). The minimum absolute atomic E-state index is 0.0451. The number of carbonyl (C=O) groups is 1. The van der Waals surface area contributed by atoms with Crippen LogP contribution < -0.4 is 11.3 Å². The molecule has 0 aromatic rings. The Balaban J connectivity index is 2.24. The number of piperidine rings is 1. The monoisotopic (exact) mass is 242 g/mol. The van der Waals surface area contributed by atoms with E-state index in [1.807, 2.05) is 6.92 Å². The van der Waals surface area contributed by atoms with Crippen molar-refractivity contribution in [3.8, 4) is 0 Å². The smallest absolute Gasteiger partial charge is 0.237 e. The molecule has 0 aliphatic carbocycles. The van der Waals surface area contributed by atoms with Crippen LogP contribution in [-0.2, 0) is 4.79 Å². The minimum atomic E-state index is -0.0831. The summed E-state index contributed by atoms with van der Waals surface area (Å²) in [6.07, 6.45) is 2.52. The lowest BCUT2D eigenvalue weighted by Crippen LogP contribution is -2.41. The lowest BCUT2D eigenvalue weighted by Gasteiger charge is -2.32. The molecule has 1 fully saturated rings. The molecule has 0 bridgehead atoms. The Morgan fingerprint density at radius 1 is 1.53 bits per heavy atom. The number of nitrogens with one attached hydrogen (secondary N) is 1. The fraction of sp³-hybridized carbons (Fsp3) is 0.917. The van der Waals surface area contributed by atoms with E-state index in [9.17, 15) is 4.79 Å². The first-order chi connectivity index (χ1) is 8.02. The highest BCUT2D eigenvalue weighted by Crippen LogP contribution is 2.17. The summed E-state index contributed by atoms with van der Waals surface area (Å²) in [5, 5.41) is 0. The SMILES string of the molecule is CC(CN(C)CC1CCN(C)CC1)C(=O)NN. The molecule has 3 N–H and O–H groups in total. The van der Waals surface area contributed by atoms with E-state index in [-0.39, 0.29) is 11.8 Å². The summed E-state index contributed by atoms with van der Waals surface area (Å²) >= 11 is 0. The first kappa shape index (κ1) is 14.4. The number of rotatable bonds is 5. The van der Waals surface area contributed by atoms with E-state index in [1.165, 1.54) is 25.9 Å². The Kier molecular flexibility index (Phi) is 5.88. The molecule has 0 radical (unpaired) electrons. The third-order valence-electron chi connectivity index (χ3n) is 3.58. The molecular formula is C12H26N4O. The van der Waals surface area contributed by atoms with Crippen LogP contribution in [0, 0.1) is 11.8 Å². The molecule has 1 aliphatic rings. The second-order valence-corrected chi connectivity index (χ2v) is 5.38. The number of nitrogens with zero attached hydrogens (tertiary/aromatic N) is 2. The maximum absolute atomic E-state index is 11.3. The molecular weight excluding hydrogens is 216 g/mol. The fourth-order valence-electron chi connectivity index (χ4n) is 2.45. The van der Waals surface area contributed by atoms with Crippen LogP contribution in [0.25, 0.3) is 0 Å². The van der Waals surface area contributed by atoms with E-state index in [4.69, 9.17) is 5.84 Å². The third-order valence-corrected chi connectivity index (χ3v) is 3.58. The van der Waals surface area contributed by atoms with Gasteiger partial charge in [0.25, 0.3) is 0 Å². The fourth-order valence-corrected chi connectivity index (χ4v) is 2.45. The van der Waals surface area contributed by atoms with Crippen molar-refractivity contribution in [1.82, 2.24) is 15.2 Å². The predicted molar refractivity (Wildman–Crippen MR) is 69.2 cm³/mol. The van der Waals surface area contributed by atoms with Gasteiger partial charge in [0.05, 0.1) is 0 Å². The molecule has 0 aromatic carbocycles. The highest BCUT2D eigenvalue weighted by molar-refractivity contribution is 5.77. The summed E-state index contributed by atoms with van der Waals surface area (Å²) in [7, 11) is 4.26. The summed E-state index contributed by atoms with van der Waals surface area (Å²) in [5.41, 5.74) is 2.21. The highest BCUT2D eigenvalue weighted by Gasteiger charge is 2.20. The molecule has 17 heavy (non-hydrogen) atoms. The number of likely N-dealkylation sites (tertiary alicyclic amines) is 1. The Morgan fingerprint density at radius 2 is 2.12 bits per heavy atom. The van der Waals surface area contributed by atoms with Crippen LogP contribution in [0.2, 0.25) is 0 Å². The average Bonchev–Trinajstić information content (AvgIpc) is 2.30. The van der Waals surface area contributed by atoms with Crippen molar-refractivity contribution < 1.29 is 4.79 Å². The van der Waals surface area contributed by atoms with Gasteiger partial charge in [-0.3, -0.25) is 10.2 Å². The Hall–Kier alpha value is -0.650. The van der Waals surface area contributed by atoms with Crippen molar-refractivity contribution >= 4 is 5.91 Å². The number of carbonyl (C=O) groups excluding carboxylic acids is 1. The van der Waals surface area contributed by atoms with Crippen molar-refractivity contribution in [1.29, 1.82) is 0 Å². The molecule has 1 rings (SSSR count). The molecule has 5 heteroatoms. The summed E-state index contributed by atoms with van der Waals surface area (Å²) in [6, 6.07) is 0. The number of hydrogen-bond acceptors (Lipinski definition) is 4. The molecule has 1 aliphatic heterocycles. The Labute approximate surface area is 104 Å². The molecule has 100 valence electrons. The predicted octanol–water partition coefficient (Wildman–Crippen LogP) is -0.114. The van der Waals surface area contributed by atoms with Gasteiger partial charge in [0, 0.05) is 19.0 Å². The van der Waals surface area contributed by atoms with E-state index in [0.29, 0.717) is 0 Å². The molecule has 1 atom stereocenters. The Bertz CT molecular complexity index is 239. The van der Waals surface area contributed by atoms with Crippen LogP contribution in [-0.4, -0.2) is 56.0 Å². The van der Waals surface area contributed by atoms with Crippen molar-refractivity contribution in [2.45, 2.75) is 19.8 Å². The first-order valence-electron chi connectivity index (χ1n) is 6.40. The van der Waals surface area contributed by atoms with Crippen molar-refractivity contribution in [2.75, 3.05) is 40.3 Å². The lowest BCUT2D eigenvalue weighted by atomic mass is 9.96. The molecule has 0 spiro atoms. The molecule has 5 nitrogen and oxygen atoms in total. The molecule has 1 unspecified atom stereocenters. The van der Waals surface area contributed by atoms with Crippen LogP contribution in [0.15, 0.2) is 0 Å². The average molecular weight is 242 g/mol. The first-order valence-corrected chi connectivity index (χ1v) is 6.40. The zero-order chi connectivity index (χ0) is 12.8. The van der Waals surface area contributed by atoms with E-state index in [2.05, 4.69) is 29.3 Å². The number of nitrogens with two attached hydrogens (primary N) is 1. The zero-order valence-electron chi connectivity index (χ0n) is 11.3. The van der Waals surface area contributed by atoms with E-state index in [0.717, 1.165) is 19.0 Å². The molecule has 0 saturated carbocycles. The molecule has 1 amide bonds. The third kappa shape index (κ3) is 5.02. The topological polar surface area (TPSA) is 61.6 Å². The number of hydrazine groups is 1. The molecule has 1 saturated heterocycles. The summed E-state index contributed by atoms with van der Waals surface area (Å²) in [5.74, 6) is 5.76. The van der Waals surface area contributed by atoms with Crippen molar-refractivity contribution in [2.24, 2.45) is 17.7 Å². The van der Waals surface area contributed by atoms with Gasteiger partial charge in [-0.2, -0.15) is 0 Å². The summed E-state index contributed by atoms with van der Waals surface area (Å²) in [4.78, 5) is 15.9. The largest absolute Gasteiger partial charge is 0.306 e. The zero-order valence-corrected chi connectivity index (χ0v) is 11.3. The van der Waals surface area contributed by atoms with E-state index < -0.39 is 0 Å². The maximum atomic E-state index is 11.3. The minimum Gasteiger partial charge on any atom is -0.306 e. The second-order valence-electron chi connectivity index (χ2n) is 5.38. The molecule has 0 aromatic heterocycles. The normalized spacial score (nSPS) is 20.5. The van der Waals surface area contributed by atoms with Gasteiger partial charge >= 0.3 is 0 Å². The van der Waals surface area contributed by atoms with Crippen LogP contribution >= 0.6 is 0 Å². The van der Waals surface area contributed by atoms with Gasteiger partial charge in [-0.05, 0) is 45.9 Å². The van der Waals surface area contributed by atoms with Gasteiger partial charge in [-0.25, -0.2) is 5.84 Å². The highest BCUT2D eigenvalue weighted by atomic mass is 16.2. The lowest BCUT2D eigenvalue weighted by molar-refractivity contribution is -0.125. The number of amides is 1. The maximum Gasteiger partial charge on any atom is 0.237 e. The Morgan fingerprint density at radius 3 is 2.65 bits per heavy atom. The van der Waals surface area contributed by atoms with E-state index in [1.54, 1.807) is 0 Å². The van der Waals surface area contributed by atoms with Crippen LogP contribution in [0.1, 0.15) is 19.8 Å². The summed E-state index contributed by atoms with van der Waals surface area (Å²) < 4.78 is 0. The van der Waals surface area contributed by atoms with Crippen LogP contribution in [0.3, 0.4) is 0 Å². The quantitative estimate of drug-likeness (QED) is 0.401. The van der Waals surface area contributed by atoms with Crippen molar-refractivity contribution in [3.05, 3.63) is 0 Å². The van der Waals surface area contributed by atoms with Crippen LogP contribution in [0.4, 0.5) is 0 Å². The number of hydrogen-bond donors (Lipinski definition) is 2. The van der Waals surface area contributed by atoms with Gasteiger partial charge in [-0.15, -0.1) is 0 Å². The van der Waals surface area contributed by atoms with Gasteiger partial charge in [0.15, 0.2) is 0 Å².